The van der Waals surface area contributed by atoms with E-state index in [1.807, 2.05) is 26.0 Å². The Morgan fingerprint density at radius 3 is 2.24 bits per heavy atom. The van der Waals surface area contributed by atoms with Crippen molar-refractivity contribution in [1.82, 2.24) is 9.88 Å². The molecule has 4 aliphatic carbocycles. The van der Waals surface area contributed by atoms with Gasteiger partial charge in [0.2, 0.25) is 11.8 Å². The minimum absolute atomic E-state index is 0.0386. The topological polar surface area (TPSA) is 80.2 Å². The average Bonchev–Trinajstić information content (AvgIpc) is 2.74. The van der Waals surface area contributed by atoms with E-state index in [2.05, 4.69) is 10.6 Å². The lowest BCUT2D eigenvalue weighted by Gasteiger charge is -2.56. The van der Waals surface area contributed by atoms with Crippen LogP contribution in [-0.2, 0) is 9.59 Å². The lowest BCUT2D eigenvalue weighted by atomic mass is 9.49. The largest absolute Gasteiger partial charge is 0.357 e. The van der Waals surface area contributed by atoms with E-state index < -0.39 is 6.04 Å². The molecule has 2 amide bonds. The zero-order chi connectivity index (χ0) is 23.3. The van der Waals surface area contributed by atoms with Gasteiger partial charge in [0.25, 0.3) is 5.56 Å². The minimum Gasteiger partial charge on any atom is -0.357 e. The normalized spacial score (nSPS) is 28.8. The summed E-state index contributed by atoms with van der Waals surface area (Å²) < 4.78 is 1.51. The Kier molecular flexibility index (Phi) is 5.58. The zero-order valence-corrected chi connectivity index (χ0v) is 19.9. The van der Waals surface area contributed by atoms with Crippen LogP contribution in [0.1, 0.15) is 64.8 Å². The van der Waals surface area contributed by atoms with Crippen LogP contribution in [0.2, 0.25) is 0 Å². The van der Waals surface area contributed by atoms with E-state index in [-0.39, 0.29) is 28.7 Å². The quantitative estimate of drug-likeness (QED) is 0.682. The van der Waals surface area contributed by atoms with E-state index in [1.165, 1.54) is 43.1 Å². The molecular weight excluding hydrogens is 414 g/mol. The van der Waals surface area contributed by atoms with Crippen molar-refractivity contribution in [2.45, 2.75) is 64.8 Å². The highest BCUT2D eigenvalue weighted by Gasteiger charge is 2.51. The fraction of sp³-hybridized carbons (Fsp3) is 0.593. The van der Waals surface area contributed by atoms with Gasteiger partial charge < -0.3 is 15.2 Å². The van der Waals surface area contributed by atoms with Crippen molar-refractivity contribution in [3.8, 4) is 0 Å². The van der Waals surface area contributed by atoms with E-state index in [9.17, 15) is 14.4 Å². The van der Waals surface area contributed by atoms with Crippen LogP contribution in [0.5, 0.6) is 0 Å². The maximum atomic E-state index is 13.3. The molecular formula is C27H35N3O3. The summed E-state index contributed by atoms with van der Waals surface area (Å²) in [6, 6.07) is 6.70. The molecule has 4 aliphatic rings. The van der Waals surface area contributed by atoms with Crippen LogP contribution in [0.15, 0.2) is 35.3 Å². The summed E-state index contributed by atoms with van der Waals surface area (Å²) in [6.45, 7) is 3.86. The fourth-order valence-corrected chi connectivity index (χ4v) is 7.56. The highest BCUT2D eigenvalue weighted by molar-refractivity contribution is 6.02. The SMILES string of the molecule is CNC(=O)[C@@H](C(C)C)n1ccc2c(NC(=O)CC34CC5CC(CC(C5)C3)C4)cccc2c1=O. The van der Waals surface area contributed by atoms with Crippen molar-refractivity contribution >= 4 is 28.3 Å². The zero-order valence-electron chi connectivity index (χ0n) is 19.9. The third-order valence-electron chi connectivity index (χ3n) is 8.39. The van der Waals surface area contributed by atoms with Crippen molar-refractivity contribution in [2.75, 3.05) is 12.4 Å². The molecule has 1 aromatic heterocycles. The van der Waals surface area contributed by atoms with Gasteiger partial charge in [-0.15, -0.1) is 0 Å². The fourth-order valence-electron chi connectivity index (χ4n) is 7.56. The molecule has 33 heavy (non-hydrogen) atoms. The first-order chi connectivity index (χ1) is 15.8. The molecule has 6 nitrogen and oxygen atoms in total. The van der Waals surface area contributed by atoms with Crippen LogP contribution < -0.4 is 16.2 Å². The monoisotopic (exact) mass is 449 g/mol. The second-order valence-electron chi connectivity index (χ2n) is 11.2. The molecule has 4 saturated carbocycles. The number of aromatic nitrogens is 1. The summed E-state index contributed by atoms with van der Waals surface area (Å²) in [6.07, 6.45) is 9.95. The highest BCUT2D eigenvalue weighted by Crippen LogP contribution is 2.61. The second kappa shape index (κ2) is 8.30. The van der Waals surface area contributed by atoms with E-state index in [1.54, 1.807) is 25.4 Å². The van der Waals surface area contributed by atoms with Crippen LogP contribution in [-0.4, -0.2) is 23.4 Å². The molecule has 1 heterocycles. The first kappa shape index (κ1) is 22.2. The van der Waals surface area contributed by atoms with Crippen LogP contribution in [0.4, 0.5) is 5.69 Å². The number of likely N-dealkylation sites (N-methyl/N-ethyl adjacent to an activating group) is 1. The molecule has 0 spiro atoms. The lowest BCUT2D eigenvalue weighted by molar-refractivity contribution is -0.125. The molecule has 176 valence electrons. The summed E-state index contributed by atoms with van der Waals surface area (Å²) in [4.78, 5) is 38.9. The highest BCUT2D eigenvalue weighted by atomic mass is 16.2. The van der Waals surface area contributed by atoms with Gasteiger partial charge in [-0.1, -0.05) is 19.9 Å². The van der Waals surface area contributed by atoms with E-state index in [0.717, 1.165) is 23.1 Å². The van der Waals surface area contributed by atoms with Crippen LogP contribution in [0, 0.1) is 29.1 Å². The van der Waals surface area contributed by atoms with E-state index in [4.69, 9.17) is 0 Å². The Bertz CT molecular complexity index is 1110. The number of anilines is 1. The smallest absolute Gasteiger partial charge is 0.259 e. The molecule has 4 fully saturated rings. The molecule has 0 aliphatic heterocycles. The van der Waals surface area contributed by atoms with E-state index >= 15 is 0 Å². The number of hydrogen-bond donors (Lipinski definition) is 2. The first-order valence-electron chi connectivity index (χ1n) is 12.4. The lowest BCUT2D eigenvalue weighted by Crippen LogP contribution is -2.47. The maximum Gasteiger partial charge on any atom is 0.259 e. The number of amides is 2. The number of carbonyl (C=O) groups excluding carboxylic acids is 2. The van der Waals surface area contributed by atoms with Crippen molar-refractivity contribution in [3.63, 3.8) is 0 Å². The van der Waals surface area contributed by atoms with Gasteiger partial charge in [0.05, 0.1) is 0 Å². The number of rotatable bonds is 6. The summed E-state index contributed by atoms with van der Waals surface area (Å²) in [5, 5.41) is 7.02. The minimum atomic E-state index is -0.582. The number of pyridine rings is 1. The number of nitrogens with zero attached hydrogens (tertiary/aromatic N) is 1. The summed E-state index contributed by atoms with van der Waals surface area (Å²) in [7, 11) is 1.58. The van der Waals surface area contributed by atoms with Crippen LogP contribution in [0.3, 0.4) is 0 Å². The Balaban J connectivity index is 1.40. The predicted molar refractivity (Wildman–Crippen MR) is 130 cm³/mol. The van der Waals surface area contributed by atoms with Crippen molar-refractivity contribution in [1.29, 1.82) is 0 Å². The molecule has 0 radical (unpaired) electrons. The Labute approximate surface area is 195 Å². The molecule has 6 rings (SSSR count). The third kappa shape index (κ3) is 3.98. The molecule has 0 unspecified atom stereocenters. The van der Waals surface area contributed by atoms with Gasteiger partial charge in [0, 0.05) is 36.1 Å². The van der Waals surface area contributed by atoms with Crippen molar-refractivity contribution < 1.29 is 9.59 Å². The van der Waals surface area contributed by atoms with Gasteiger partial charge >= 0.3 is 0 Å². The molecule has 2 N–H and O–H groups in total. The number of benzene rings is 1. The van der Waals surface area contributed by atoms with Gasteiger partial charge in [-0.05, 0) is 85.8 Å². The molecule has 0 saturated heterocycles. The first-order valence-corrected chi connectivity index (χ1v) is 12.4. The summed E-state index contributed by atoms with van der Waals surface area (Å²) in [5.74, 6) is 2.27. The Hall–Kier alpha value is -2.63. The predicted octanol–water partition coefficient (Wildman–Crippen LogP) is 4.49. The molecule has 4 bridgehead atoms. The van der Waals surface area contributed by atoms with Crippen molar-refractivity contribution in [2.24, 2.45) is 29.1 Å². The van der Waals surface area contributed by atoms with Crippen LogP contribution in [0.25, 0.3) is 10.8 Å². The van der Waals surface area contributed by atoms with Gasteiger partial charge in [0.15, 0.2) is 0 Å². The van der Waals surface area contributed by atoms with Gasteiger partial charge in [-0.2, -0.15) is 0 Å². The van der Waals surface area contributed by atoms with Gasteiger partial charge in [-0.25, -0.2) is 0 Å². The van der Waals surface area contributed by atoms with Crippen LogP contribution >= 0.6 is 0 Å². The van der Waals surface area contributed by atoms with E-state index in [0.29, 0.717) is 17.5 Å². The maximum absolute atomic E-state index is 13.3. The molecule has 1 aromatic carbocycles. The molecule has 1 atom stereocenters. The summed E-state index contributed by atoms with van der Waals surface area (Å²) >= 11 is 0. The van der Waals surface area contributed by atoms with Gasteiger partial charge in [-0.3, -0.25) is 14.4 Å². The summed E-state index contributed by atoms with van der Waals surface area (Å²) in [5.41, 5.74) is 0.633. The number of carbonyl (C=O) groups is 2. The third-order valence-corrected chi connectivity index (χ3v) is 8.39. The number of hydrogen-bond acceptors (Lipinski definition) is 3. The Morgan fingerprint density at radius 1 is 1.03 bits per heavy atom. The standard InChI is InChI=1S/C27H35N3O3/c1-16(2)24(25(32)28-3)30-8-7-20-21(26(30)33)5-4-6-22(20)29-23(31)15-27-12-17-9-18(13-27)11-19(10-17)14-27/h4-8,16-19,24H,9-15H2,1-3H3,(H,28,32)(H,29,31)/t17?,18?,19?,24-,27?/m1/s1. The molecule has 2 aromatic rings. The van der Waals surface area contributed by atoms with Crippen molar-refractivity contribution in [3.05, 3.63) is 40.8 Å². The number of fused-ring (bicyclic) bond motifs is 1. The second-order valence-corrected chi connectivity index (χ2v) is 11.2. The Morgan fingerprint density at radius 2 is 1.67 bits per heavy atom. The average molecular weight is 450 g/mol. The number of nitrogens with one attached hydrogen (secondary N) is 2. The van der Waals surface area contributed by atoms with Gasteiger partial charge in [0.1, 0.15) is 6.04 Å². The molecule has 6 heteroatoms.